The minimum atomic E-state index is -3.64. The van der Waals surface area contributed by atoms with Gasteiger partial charge >= 0.3 is 0 Å². The zero-order valence-corrected chi connectivity index (χ0v) is 20.3. The predicted octanol–water partition coefficient (Wildman–Crippen LogP) is 3.75. The molecule has 4 rings (SSSR count). The van der Waals surface area contributed by atoms with Gasteiger partial charge in [0.25, 0.3) is 5.91 Å². The van der Waals surface area contributed by atoms with E-state index in [-0.39, 0.29) is 10.8 Å². The Bertz CT molecular complexity index is 993. The standard InChI is InChI=1S/C22H29N3O3S3/c1-23(17-18-5-7-19(8-6-18)24-10-3-2-4-11-24)22(26)21-20(9-14-30-21)31(27,28)25-12-15-29-16-13-25/h5-9,14H,2-4,10-13,15-17H2,1H3. The molecule has 0 unspecified atom stereocenters. The van der Waals surface area contributed by atoms with Crippen LogP contribution < -0.4 is 4.90 Å². The minimum absolute atomic E-state index is 0.140. The summed E-state index contributed by atoms with van der Waals surface area (Å²) in [6.07, 6.45) is 3.78. The molecule has 1 aromatic carbocycles. The van der Waals surface area contributed by atoms with Crippen LogP contribution in [0.4, 0.5) is 5.69 Å². The van der Waals surface area contributed by atoms with Crippen molar-refractivity contribution in [1.29, 1.82) is 0 Å². The second kappa shape index (κ2) is 9.94. The highest BCUT2D eigenvalue weighted by Gasteiger charge is 2.32. The van der Waals surface area contributed by atoms with Gasteiger partial charge in [0.2, 0.25) is 10.0 Å². The van der Waals surface area contributed by atoms with Gasteiger partial charge in [-0.25, -0.2) is 8.42 Å². The van der Waals surface area contributed by atoms with Crippen molar-refractivity contribution in [2.45, 2.75) is 30.7 Å². The van der Waals surface area contributed by atoms with Crippen molar-refractivity contribution in [2.24, 2.45) is 0 Å². The number of carbonyl (C=O) groups excluding carboxylic acids is 1. The Balaban J connectivity index is 1.45. The van der Waals surface area contributed by atoms with E-state index in [2.05, 4.69) is 29.2 Å². The number of hydrogen-bond acceptors (Lipinski definition) is 6. The van der Waals surface area contributed by atoms with Crippen molar-refractivity contribution < 1.29 is 13.2 Å². The maximum Gasteiger partial charge on any atom is 0.265 e. The van der Waals surface area contributed by atoms with Crippen LogP contribution in [0.15, 0.2) is 40.6 Å². The van der Waals surface area contributed by atoms with Gasteiger partial charge in [-0.15, -0.1) is 11.3 Å². The number of sulfonamides is 1. The molecule has 0 saturated carbocycles. The summed E-state index contributed by atoms with van der Waals surface area (Å²) in [6.45, 7) is 3.63. The number of piperidine rings is 1. The Labute approximate surface area is 193 Å². The summed E-state index contributed by atoms with van der Waals surface area (Å²) in [5.74, 6) is 1.33. The van der Waals surface area contributed by atoms with E-state index in [4.69, 9.17) is 0 Å². The van der Waals surface area contributed by atoms with Crippen LogP contribution in [0, 0.1) is 0 Å². The predicted molar refractivity (Wildman–Crippen MR) is 129 cm³/mol. The summed E-state index contributed by atoms with van der Waals surface area (Å²) in [4.78, 5) is 17.6. The average Bonchev–Trinajstić information content (AvgIpc) is 3.31. The third-order valence-corrected chi connectivity index (χ3v) is 9.75. The van der Waals surface area contributed by atoms with Crippen LogP contribution in [0.2, 0.25) is 0 Å². The fourth-order valence-corrected chi connectivity index (χ4v) is 8.03. The van der Waals surface area contributed by atoms with Crippen molar-refractivity contribution >= 4 is 44.7 Å². The number of amides is 1. The Morgan fingerprint density at radius 2 is 1.68 bits per heavy atom. The first-order chi connectivity index (χ1) is 15.0. The largest absolute Gasteiger partial charge is 0.372 e. The zero-order valence-electron chi connectivity index (χ0n) is 17.8. The molecular formula is C22H29N3O3S3. The molecule has 0 bridgehead atoms. The number of benzene rings is 1. The Kier molecular flexibility index (Phi) is 7.26. The first kappa shape index (κ1) is 22.6. The van der Waals surface area contributed by atoms with Crippen LogP contribution in [0.5, 0.6) is 0 Å². The molecule has 3 heterocycles. The molecule has 0 atom stereocenters. The van der Waals surface area contributed by atoms with Crippen LogP contribution in [0.1, 0.15) is 34.5 Å². The first-order valence-corrected chi connectivity index (χ1v) is 14.2. The van der Waals surface area contributed by atoms with E-state index >= 15 is 0 Å². The molecular weight excluding hydrogens is 450 g/mol. The quantitative estimate of drug-likeness (QED) is 0.632. The van der Waals surface area contributed by atoms with Crippen LogP contribution in [-0.2, 0) is 16.6 Å². The number of thiophene rings is 1. The normalized spacial score (nSPS) is 18.2. The number of thioether (sulfide) groups is 1. The van der Waals surface area contributed by atoms with E-state index < -0.39 is 10.0 Å². The third kappa shape index (κ3) is 5.10. The Morgan fingerprint density at radius 1 is 1.00 bits per heavy atom. The van der Waals surface area contributed by atoms with Crippen molar-refractivity contribution in [3.05, 3.63) is 46.2 Å². The topological polar surface area (TPSA) is 60.9 Å². The zero-order chi connectivity index (χ0) is 21.8. The fraction of sp³-hybridized carbons (Fsp3) is 0.500. The first-order valence-electron chi connectivity index (χ1n) is 10.7. The summed E-state index contributed by atoms with van der Waals surface area (Å²) in [7, 11) is -1.91. The van der Waals surface area contributed by atoms with E-state index in [0.29, 0.717) is 24.5 Å². The molecule has 0 aliphatic carbocycles. The second-order valence-corrected chi connectivity index (χ2v) is 12.1. The molecule has 31 heavy (non-hydrogen) atoms. The van der Waals surface area contributed by atoms with E-state index in [1.807, 2.05) is 0 Å². The van der Waals surface area contributed by atoms with Crippen molar-refractivity contribution in [3.63, 3.8) is 0 Å². The monoisotopic (exact) mass is 479 g/mol. The molecule has 2 aromatic rings. The van der Waals surface area contributed by atoms with Gasteiger partial charge < -0.3 is 9.80 Å². The summed E-state index contributed by atoms with van der Waals surface area (Å²) < 4.78 is 27.7. The Morgan fingerprint density at radius 3 is 2.35 bits per heavy atom. The van der Waals surface area contributed by atoms with Gasteiger partial charge in [0.05, 0.1) is 0 Å². The average molecular weight is 480 g/mol. The van der Waals surface area contributed by atoms with E-state index in [0.717, 1.165) is 30.2 Å². The lowest BCUT2D eigenvalue weighted by Crippen LogP contribution is -2.38. The molecule has 1 amide bonds. The summed E-state index contributed by atoms with van der Waals surface area (Å²) in [5, 5.41) is 1.69. The SMILES string of the molecule is CN(Cc1ccc(N2CCCCC2)cc1)C(=O)c1sccc1S(=O)(=O)N1CCSCC1. The van der Waals surface area contributed by atoms with Gasteiger partial charge in [0.15, 0.2) is 0 Å². The maximum absolute atomic E-state index is 13.1. The van der Waals surface area contributed by atoms with Gasteiger partial charge in [0, 0.05) is 57.0 Å². The van der Waals surface area contributed by atoms with E-state index in [1.165, 1.54) is 40.6 Å². The molecule has 2 aliphatic heterocycles. The van der Waals surface area contributed by atoms with Crippen LogP contribution in [0.3, 0.4) is 0 Å². The molecule has 0 radical (unpaired) electrons. The van der Waals surface area contributed by atoms with E-state index in [9.17, 15) is 13.2 Å². The summed E-state index contributed by atoms with van der Waals surface area (Å²) in [5.41, 5.74) is 2.26. The highest BCUT2D eigenvalue weighted by atomic mass is 32.2. The van der Waals surface area contributed by atoms with Gasteiger partial charge in [-0.1, -0.05) is 12.1 Å². The molecule has 168 valence electrons. The summed E-state index contributed by atoms with van der Waals surface area (Å²) in [6, 6.07) is 9.93. The van der Waals surface area contributed by atoms with Gasteiger partial charge in [0.1, 0.15) is 9.77 Å². The summed E-state index contributed by atoms with van der Waals surface area (Å²) >= 11 is 2.96. The molecule has 2 fully saturated rings. The van der Waals surface area contributed by atoms with Crippen LogP contribution >= 0.6 is 23.1 Å². The molecule has 1 aromatic heterocycles. The minimum Gasteiger partial charge on any atom is -0.372 e. The molecule has 2 aliphatic rings. The van der Waals surface area contributed by atoms with Gasteiger partial charge in [-0.3, -0.25) is 4.79 Å². The number of carbonyl (C=O) groups is 1. The highest BCUT2D eigenvalue weighted by Crippen LogP contribution is 2.28. The lowest BCUT2D eigenvalue weighted by atomic mass is 10.1. The molecule has 0 spiro atoms. The fourth-order valence-electron chi connectivity index (χ4n) is 4.07. The smallest absolute Gasteiger partial charge is 0.265 e. The van der Waals surface area contributed by atoms with Crippen molar-refractivity contribution in [3.8, 4) is 0 Å². The van der Waals surface area contributed by atoms with Crippen LogP contribution in [0.25, 0.3) is 0 Å². The van der Waals surface area contributed by atoms with Crippen LogP contribution in [-0.4, -0.2) is 68.3 Å². The maximum atomic E-state index is 13.1. The third-order valence-electron chi connectivity index (χ3n) is 5.84. The number of hydrogen-bond donors (Lipinski definition) is 0. The number of anilines is 1. The van der Waals surface area contributed by atoms with Gasteiger partial charge in [-0.2, -0.15) is 16.1 Å². The van der Waals surface area contributed by atoms with E-state index in [1.54, 1.807) is 35.2 Å². The van der Waals surface area contributed by atoms with Crippen molar-refractivity contribution in [1.82, 2.24) is 9.21 Å². The second-order valence-electron chi connectivity index (χ2n) is 8.01. The Hall–Kier alpha value is -1.55. The lowest BCUT2D eigenvalue weighted by molar-refractivity contribution is 0.0786. The van der Waals surface area contributed by atoms with Gasteiger partial charge in [-0.05, 0) is 48.4 Å². The van der Waals surface area contributed by atoms with Crippen molar-refractivity contribution in [2.75, 3.05) is 49.6 Å². The highest BCUT2D eigenvalue weighted by molar-refractivity contribution is 7.99. The number of rotatable bonds is 6. The molecule has 0 N–H and O–H groups in total. The lowest BCUT2D eigenvalue weighted by Gasteiger charge is -2.29. The number of nitrogens with zero attached hydrogens (tertiary/aromatic N) is 3. The molecule has 6 nitrogen and oxygen atoms in total. The molecule has 9 heteroatoms. The molecule has 2 saturated heterocycles.